The summed E-state index contributed by atoms with van der Waals surface area (Å²) >= 11 is 3.41. The normalized spacial score (nSPS) is 14.7. The molecule has 0 radical (unpaired) electrons. The Morgan fingerprint density at radius 3 is 2.36 bits per heavy atom. The lowest BCUT2D eigenvalue weighted by Crippen LogP contribution is -2.48. The van der Waals surface area contributed by atoms with Gasteiger partial charge in [-0.2, -0.15) is 0 Å². The summed E-state index contributed by atoms with van der Waals surface area (Å²) in [4.78, 5) is 52.7. The van der Waals surface area contributed by atoms with Crippen LogP contribution < -0.4 is 10.6 Å². The molecule has 2 heterocycles. The van der Waals surface area contributed by atoms with Crippen molar-refractivity contribution < 1.29 is 28.7 Å². The maximum atomic E-state index is 13.1. The van der Waals surface area contributed by atoms with Gasteiger partial charge in [-0.05, 0) is 56.5 Å². The van der Waals surface area contributed by atoms with Crippen molar-refractivity contribution in [3.8, 4) is 11.3 Å². The highest BCUT2D eigenvalue weighted by molar-refractivity contribution is 9.10. The fraction of sp³-hybridized carbons (Fsp3) is 0.333. The first-order valence-corrected chi connectivity index (χ1v) is 15.3. The molecular weight excluding hydrogens is 628 g/mol. The van der Waals surface area contributed by atoms with Gasteiger partial charge in [0.25, 0.3) is 0 Å². The lowest BCUT2D eigenvalue weighted by atomic mass is 9.95. The third-order valence-corrected chi connectivity index (χ3v) is 8.11. The van der Waals surface area contributed by atoms with Crippen molar-refractivity contribution in [2.75, 3.05) is 26.8 Å². The first-order valence-electron chi connectivity index (χ1n) is 14.5. The first kappa shape index (κ1) is 32.5. The van der Waals surface area contributed by atoms with E-state index in [1.807, 2.05) is 72.2 Å². The molecule has 0 fully saturated rings. The van der Waals surface area contributed by atoms with Crippen LogP contribution in [0.25, 0.3) is 11.3 Å². The second-order valence-electron chi connectivity index (χ2n) is 10.3. The van der Waals surface area contributed by atoms with Gasteiger partial charge in [0.05, 0.1) is 30.9 Å². The highest BCUT2D eigenvalue weighted by atomic mass is 79.9. The lowest BCUT2D eigenvalue weighted by molar-refractivity contribution is -0.139. The van der Waals surface area contributed by atoms with Crippen LogP contribution in [0, 0.1) is 6.92 Å². The summed E-state index contributed by atoms with van der Waals surface area (Å²) in [5.41, 5.74) is 4.65. The fourth-order valence-corrected chi connectivity index (χ4v) is 5.58. The van der Waals surface area contributed by atoms with E-state index in [4.69, 9.17) is 9.47 Å². The van der Waals surface area contributed by atoms with E-state index in [9.17, 15) is 19.2 Å². The molecule has 1 atom stereocenters. The predicted molar refractivity (Wildman–Crippen MR) is 170 cm³/mol. The van der Waals surface area contributed by atoms with Crippen molar-refractivity contribution >= 4 is 39.8 Å². The third kappa shape index (κ3) is 7.39. The second-order valence-corrected chi connectivity index (χ2v) is 11.2. The third-order valence-electron chi connectivity index (χ3n) is 7.58. The molecule has 0 bridgehead atoms. The Balaban J connectivity index is 1.39. The lowest BCUT2D eigenvalue weighted by Gasteiger charge is -2.35. The van der Waals surface area contributed by atoms with Crippen LogP contribution >= 0.6 is 15.9 Å². The number of benzene rings is 2. The molecule has 2 N–H and O–H groups in total. The Morgan fingerprint density at radius 2 is 1.70 bits per heavy atom. The van der Waals surface area contributed by atoms with Gasteiger partial charge in [0.15, 0.2) is 0 Å². The van der Waals surface area contributed by atoms with E-state index in [1.165, 1.54) is 12.0 Å². The molecule has 1 aliphatic heterocycles. The molecule has 10 nitrogen and oxygen atoms in total. The minimum absolute atomic E-state index is 0.165. The highest BCUT2D eigenvalue weighted by Gasteiger charge is 2.36. The highest BCUT2D eigenvalue weighted by Crippen LogP contribution is 2.32. The molecule has 4 rings (SSSR count). The maximum absolute atomic E-state index is 13.1. The Bertz CT molecular complexity index is 1550. The number of halogens is 1. The summed E-state index contributed by atoms with van der Waals surface area (Å²) in [5.74, 6) is -1.07. The number of nitrogens with zero attached hydrogens (tertiary/aromatic N) is 2. The molecule has 3 amide bonds. The number of amides is 3. The largest absolute Gasteiger partial charge is 0.465 e. The van der Waals surface area contributed by atoms with Crippen LogP contribution in [0.5, 0.6) is 0 Å². The molecule has 0 saturated carbocycles. The number of carbonyl (C=O) groups is 4. The van der Waals surface area contributed by atoms with Crippen LogP contribution in [0.1, 0.15) is 54.3 Å². The summed E-state index contributed by atoms with van der Waals surface area (Å²) in [6, 6.07) is 17.9. The second kappa shape index (κ2) is 14.9. The Hall–Kier alpha value is -4.38. The van der Waals surface area contributed by atoms with Crippen molar-refractivity contribution in [2.45, 2.75) is 46.2 Å². The van der Waals surface area contributed by atoms with Crippen molar-refractivity contribution in [3.05, 3.63) is 93.2 Å². The van der Waals surface area contributed by atoms with Crippen LogP contribution in [0.2, 0.25) is 0 Å². The molecule has 0 aliphatic carbocycles. The van der Waals surface area contributed by atoms with E-state index >= 15 is 0 Å². The molecule has 0 saturated heterocycles. The van der Waals surface area contributed by atoms with Gasteiger partial charge in [0.2, 0.25) is 5.91 Å². The molecule has 1 aliphatic rings. The predicted octanol–water partition coefficient (Wildman–Crippen LogP) is 5.51. The molecule has 232 valence electrons. The summed E-state index contributed by atoms with van der Waals surface area (Å²) in [6.07, 6.45) is 0.575. The van der Waals surface area contributed by atoms with Crippen LogP contribution in [0.4, 0.5) is 4.79 Å². The monoisotopic (exact) mass is 664 g/mol. The number of hydrogen-bond acceptors (Lipinski definition) is 6. The fourth-order valence-electron chi connectivity index (χ4n) is 5.32. The van der Waals surface area contributed by atoms with Gasteiger partial charge < -0.3 is 24.7 Å². The number of urea groups is 1. The quantitative estimate of drug-likeness (QED) is 0.246. The van der Waals surface area contributed by atoms with Gasteiger partial charge in [-0.3, -0.25) is 9.69 Å². The van der Waals surface area contributed by atoms with Crippen LogP contribution in [-0.4, -0.2) is 60.2 Å². The standard InChI is InChI=1S/C33H37BrN4O6/c1-5-44-32(41)29-22(3)38(33(42)36-30(29)24-13-15-25(34)16-14-24)18-9-12-28(39)35-17-19-37-21(2)26(31(40)43-4)20-27(37)23-10-7-6-8-11-23/h6-8,10-11,13-16,20,30H,5,9,12,17-19H2,1-4H3,(H,35,39)(H,36,42). The molecule has 1 aromatic heterocycles. The molecule has 11 heteroatoms. The topological polar surface area (TPSA) is 119 Å². The zero-order valence-electron chi connectivity index (χ0n) is 25.3. The van der Waals surface area contributed by atoms with Gasteiger partial charge in [-0.15, -0.1) is 0 Å². The van der Waals surface area contributed by atoms with E-state index in [0.29, 0.717) is 36.3 Å². The maximum Gasteiger partial charge on any atom is 0.339 e. The average molecular weight is 666 g/mol. The summed E-state index contributed by atoms with van der Waals surface area (Å²) in [7, 11) is 1.35. The number of hydrogen-bond donors (Lipinski definition) is 2. The number of rotatable bonds is 12. The van der Waals surface area contributed by atoms with Gasteiger partial charge in [-0.25, -0.2) is 14.4 Å². The van der Waals surface area contributed by atoms with E-state index in [-0.39, 0.29) is 31.5 Å². The minimum atomic E-state index is -0.646. The van der Waals surface area contributed by atoms with Crippen LogP contribution in [0.15, 0.2) is 76.4 Å². The van der Waals surface area contributed by atoms with E-state index in [0.717, 1.165) is 27.0 Å². The first-order chi connectivity index (χ1) is 21.2. The number of carbonyl (C=O) groups excluding carboxylic acids is 4. The van der Waals surface area contributed by atoms with Crippen molar-refractivity contribution in [1.82, 2.24) is 20.1 Å². The number of allylic oxidation sites excluding steroid dienone is 1. The summed E-state index contributed by atoms with van der Waals surface area (Å²) < 4.78 is 13.2. The van der Waals surface area contributed by atoms with E-state index in [2.05, 4.69) is 26.6 Å². The SMILES string of the molecule is CCOC(=O)C1=C(C)N(CCCC(=O)NCCn2c(-c3ccccc3)cc(C(=O)OC)c2C)C(=O)NC1c1ccc(Br)cc1. The van der Waals surface area contributed by atoms with Gasteiger partial charge >= 0.3 is 18.0 Å². The van der Waals surface area contributed by atoms with Crippen LogP contribution in [-0.2, 0) is 25.6 Å². The molecule has 0 spiro atoms. The van der Waals surface area contributed by atoms with Crippen molar-refractivity contribution in [2.24, 2.45) is 0 Å². The van der Waals surface area contributed by atoms with Gasteiger partial charge in [0, 0.05) is 47.6 Å². The van der Waals surface area contributed by atoms with E-state index in [1.54, 1.807) is 13.8 Å². The van der Waals surface area contributed by atoms with Gasteiger partial charge in [-0.1, -0.05) is 58.4 Å². The van der Waals surface area contributed by atoms with Crippen molar-refractivity contribution in [3.63, 3.8) is 0 Å². The number of nitrogens with one attached hydrogen (secondary N) is 2. The van der Waals surface area contributed by atoms with E-state index < -0.39 is 18.0 Å². The van der Waals surface area contributed by atoms with Crippen molar-refractivity contribution in [1.29, 1.82) is 0 Å². The molecule has 44 heavy (non-hydrogen) atoms. The number of methoxy groups -OCH3 is 1. The number of ether oxygens (including phenoxy) is 2. The van der Waals surface area contributed by atoms with Crippen LogP contribution in [0.3, 0.4) is 0 Å². The smallest absolute Gasteiger partial charge is 0.339 e. The zero-order valence-corrected chi connectivity index (χ0v) is 26.9. The number of aromatic nitrogens is 1. The molecular formula is C33H37BrN4O6. The molecule has 3 aromatic rings. The number of esters is 2. The minimum Gasteiger partial charge on any atom is -0.465 e. The summed E-state index contributed by atoms with van der Waals surface area (Å²) in [6.45, 7) is 6.57. The molecule has 2 aromatic carbocycles. The Labute approximate surface area is 265 Å². The summed E-state index contributed by atoms with van der Waals surface area (Å²) in [5, 5.41) is 5.87. The Morgan fingerprint density at radius 1 is 1.00 bits per heavy atom. The average Bonchev–Trinajstić information content (AvgIpc) is 3.34. The molecule has 1 unspecified atom stereocenters. The van der Waals surface area contributed by atoms with Gasteiger partial charge in [0.1, 0.15) is 0 Å². The Kier molecular flexibility index (Phi) is 11.0. The zero-order chi connectivity index (χ0) is 31.8.